The van der Waals surface area contributed by atoms with Crippen molar-refractivity contribution < 1.29 is 4.79 Å². The molecule has 26 heavy (non-hydrogen) atoms. The van der Waals surface area contributed by atoms with Crippen LogP contribution in [-0.2, 0) is 17.6 Å². The summed E-state index contributed by atoms with van der Waals surface area (Å²) in [4.78, 5) is 14.6. The van der Waals surface area contributed by atoms with Gasteiger partial charge in [-0.25, -0.2) is 4.68 Å². The molecule has 1 amide bonds. The molecule has 4 rings (SSSR count). The standard InChI is InChI=1S/C22H23N3O/c1-24(21-13-12-18-7-5-6-10-20(18)21)22(26)14-11-17-15-23-25(16-17)19-8-3-2-4-9-19/h2-10,15-16,21H,11-14H2,1H3. The molecule has 2 aromatic carbocycles. The van der Waals surface area contributed by atoms with Gasteiger partial charge in [0.1, 0.15) is 0 Å². The van der Waals surface area contributed by atoms with E-state index in [9.17, 15) is 4.79 Å². The Balaban J connectivity index is 1.38. The van der Waals surface area contributed by atoms with Gasteiger partial charge in [-0.3, -0.25) is 4.79 Å². The second kappa shape index (κ2) is 7.16. The summed E-state index contributed by atoms with van der Waals surface area (Å²) < 4.78 is 1.86. The molecule has 0 fully saturated rings. The second-order valence-corrected chi connectivity index (χ2v) is 6.89. The molecule has 0 saturated heterocycles. The SMILES string of the molecule is CN(C(=O)CCc1cnn(-c2ccccc2)c1)C1CCc2ccccc21. The number of amides is 1. The predicted molar refractivity (Wildman–Crippen MR) is 102 cm³/mol. The van der Waals surface area contributed by atoms with Crippen LogP contribution >= 0.6 is 0 Å². The van der Waals surface area contributed by atoms with Crippen molar-refractivity contribution in [2.45, 2.75) is 31.7 Å². The lowest BCUT2D eigenvalue weighted by atomic mass is 10.1. The molecule has 0 N–H and O–H groups in total. The number of aromatic nitrogens is 2. The van der Waals surface area contributed by atoms with Gasteiger partial charge in [-0.15, -0.1) is 0 Å². The number of rotatable bonds is 5. The Hall–Kier alpha value is -2.88. The van der Waals surface area contributed by atoms with Crippen LogP contribution in [0.2, 0.25) is 0 Å². The molecule has 1 atom stereocenters. The molecule has 1 heterocycles. The van der Waals surface area contributed by atoms with Crippen LogP contribution in [0.1, 0.15) is 35.6 Å². The van der Waals surface area contributed by atoms with Gasteiger partial charge in [-0.05, 0) is 48.1 Å². The number of aryl methyl sites for hydroxylation is 2. The molecule has 132 valence electrons. The molecule has 1 unspecified atom stereocenters. The Morgan fingerprint density at radius 2 is 1.92 bits per heavy atom. The fraction of sp³-hybridized carbons (Fsp3) is 0.273. The Morgan fingerprint density at radius 3 is 2.77 bits per heavy atom. The van der Waals surface area contributed by atoms with Crippen molar-refractivity contribution in [3.63, 3.8) is 0 Å². The van der Waals surface area contributed by atoms with E-state index in [0.717, 1.165) is 24.1 Å². The minimum absolute atomic E-state index is 0.194. The zero-order valence-corrected chi connectivity index (χ0v) is 15.0. The van der Waals surface area contributed by atoms with E-state index in [0.29, 0.717) is 12.8 Å². The van der Waals surface area contributed by atoms with Crippen LogP contribution in [-0.4, -0.2) is 27.6 Å². The summed E-state index contributed by atoms with van der Waals surface area (Å²) in [5.41, 5.74) is 4.80. The molecular weight excluding hydrogens is 322 g/mol. The van der Waals surface area contributed by atoms with Gasteiger partial charge in [0.25, 0.3) is 0 Å². The van der Waals surface area contributed by atoms with Crippen LogP contribution in [0.3, 0.4) is 0 Å². The van der Waals surface area contributed by atoms with Crippen molar-refractivity contribution in [2.75, 3.05) is 7.05 Å². The lowest BCUT2D eigenvalue weighted by Gasteiger charge is -2.25. The van der Waals surface area contributed by atoms with Gasteiger partial charge in [-0.1, -0.05) is 42.5 Å². The number of carbonyl (C=O) groups is 1. The van der Waals surface area contributed by atoms with Crippen molar-refractivity contribution in [3.05, 3.63) is 83.7 Å². The van der Waals surface area contributed by atoms with E-state index >= 15 is 0 Å². The molecule has 4 nitrogen and oxygen atoms in total. The van der Waals surface area contributed by atoms with E-state index in [1.54, 1.807) is 0 Å². The zero-order chi connectivity index (χ0) is 17.9. The van der Waals surface area contributed by atoms with E-state index in [1.807, 2.05) is 59.4 Å². The summed E-state index contributed by atoms with van der Waals surface area (Å²) in [5, 5.41) is 4.41. The van der Waals surface area contributed by atoms with E-state index in [1.165, 1.54) is 11.1 Å². The number of hydrogen-bond donors (Lipinski definition) is 0. The van der Waals surface area contributed by atoms with Crippen LogP contribution in [0.25, 0.3) is 5.69 Å². The van der Waals surface area contributed by atoms with Gasteiger partial charge < -0.3 is 4.90 Å². The minimum Gasteiger partial charge on any atom is -0.339 e. The molecule has 3 aromatic rings. The molecule has 1 aromatic heterocycles. The third kappa shape index (κ3) is 3.27. The van der Waals surface area contributed by atoms with E-state index in [4.69, 9.17) is 0 Å². The van der Waals surface area contributed by atoms with E-state index in [2.05, 4.69) is 29.4 Å². The largest absolute Gasteiger partial charge is 0.339 e. The highest BCUT2D eigenvalue weighted by molar-refractivity contribution is 5.77. The zero-order valence-electron chi connectivity index (χ0n) is 15.0. The van der Waals surface area contributed by atoms with Crippen molar-refractivity contribution in [3.8, 4) is 5.69 Å². The van der Waals surface area contributed by atoms with Crippen LogP contribution in [0.4, 0.5) is 0 Å². The summed E-state index contributed by atoms with van der Waals surface area (Å²) in [6, 6.07) is 18.7. The monoisotopic (exact) mass is 345 g/mol. The molecule has 0 spiro atoms. The highest BCUT2D eigenvalue weighted by Crippen LogP contribution is 2.35. The summed E-state index contributed by atoms with van der Waals surface area (Å²) in [7, 11) is 1.93. The fourth-order valence-corrected chi connectivity index (χ4v) is 3.75. The smallest absolute Gasteiger partial charge is 0.223 e. The molecular formula is C22H23N3O. The summed E-state index contributed by atoms with van der Waals surface area (Å²) in [6.45, 7) is 0. The Bertz CT molecular complexity index is 901. The summed E-state index contributed by atoms with van der Waals surface area (Å²) in [6.07, 6.45) is 7.16. The van der Waals surface area contributed by atoms with Crippen molar-refractivity contribution in [2.24, 2.45) is 0 Å². The lowest BCUT2D eigenvalue weighted by Crippen LogP contribution is -2.30. The first-order valence-electron chi connectivity index (χ1n) is 9.15. The van der Waals surface area contributed by atoms with Gasteiger partial charge >= 0.3 is 0 Å². The van der Waals surface area contributed by atoms with E-state index in [-0.39, 0.29) is 11.9 Å². The number of carbonyl (C=O) groups excluding carboxylic acids is 1. The molecule has 0 aliphatic heterocycles. The fourth-order valence-electron chi connectivity index (χ4n) is 3.75. The maximum atomic E-state index is 12.7. The van der Waals surface area contributed by atoms with Gasteiger partial charge in [0.05, 0.1) is 17.9 Å². The third-order valence-electron chi connectivity index (χ3n) is 5.25. The number of nitrogens with zero attached hydrogens (tertiary/aromatic N) is 3. The third-order valence-corrected chi connectivity index (χ3v) is 5.25. The first-order chi connectivity index (χ1) is 12.7. The Kier molecular flexibility index (Phi) is 4.57. The van der Waals surface area contributed by atoms with Crippen LogP contribution < -0.4 is 0 Å². The molecule has 4 heteroatoms. The lowest BCUT2D eigenvalue weighted by molar-refractivity contribution is -0.132. The van der Waals surface area contributed by atoms with Gasteiger partial charge in [0.15, 0.2) is 0 Å². The van der Waals surface area contributed by atoms with Crippen molar-refractivity contribution in [1.29, 1.82) is 0 Å². The summed E-state index contributed by atoms with van der Waals surface area (Å²) in [5.74, 6) is 0.194. The van der Waals surface area contributed by atoms with E-state index < -0.39 is 0 Å². The van der Waals surface area contributed by atoms with Crippen LogP contribution in [0.5, 0.6) is 0 Å². The Labute approximate surface area is 154 Å². The van der Waals surface area contributed by atoms with Gasteiger partial charge in [0, 0.05) is 19.7 Å². The number of para-hydroxylation sites is 1. The first-order valence-corrected chi connectivity index (χ1v) is 9.15. The average molecular weight is 345 g/mol. The molecule has 0 saturated carbocycles. The topological polar surface area (TPSA) is 38.1 Å². The van der Waals surface area contributed by atoms with Gasteiger partial charge in [0.2, 0.25) is 5.91 Å². The quantitative estimate of drug-likeness (QED) is 0.702. The second-order valence-electron chi connectivity index (χ2n) is 6.89. The van der Waals surface area contributed by atoms with Gasteiger partial charge in [-0.2, -0.15) is 5.10 Å². The maximum absolute atomic E-state index is 12.7. The number of hydrogen-bond acceptors (Lipinski definition) is 2. The number of benzene rings is 2. The highest BCUT2D eigenvalue weighted by Gasteiger charge is 2.27. The summed E-state index contributed by atoms with van der Waals surface area (Å²) >= 11 is 0. The minimum atomic E-state index is 0.194. The predicted octanol–water partition coefficient (Wildman–Crippen LogP) is 3.95. The first kappa shape index (κ1) is 16.6. The van der Waals surface area contributed by atoms with Crippen LogP contribution in [0.15, 0.2) is 67.0 Å². The molecule has 0 bridgehead atoms. The van der Waals surface area contributed by atoms with Crippen molar-refractivity contribution >= 4 is 5.91 Å². The normalized spacial score (nSPS) is 15.7. The molecule has 0 radical (unpaired) electrons. The maximum Gasteiger partial charge on any atom is 0.223 e. The molecule has 1 aliphatic carbocycles. The van der Waals surface area contributed by atoms with Crippen LogP contribution in [0, 0.1) is 0 Å². The average Bonchev–Trinajstić information content (AvgIpc) is 3.33. The van der Waals surface area contributed by atoms with Crippen molar-refractivity contribution in [1.82, 2.24) is 14.7 Å². The number of fused-ring (bicyclic) bond motifs is 1. The highest BCUT2D eigenvalue weighted by atomic mass is 16.2. The molecule has 1 aliphatic rings. The Morgan fingerprint density at radius 1 is 1.15 bits per heavy atom.